The second-order valence-corrected chi connectivity index (χ2v) is 3.48. The van der Waals surface area contributed by atoms with Gasteiger partial charge in [-0.05, 0) is 18.9 Å². The lowest BCUT2D eigenvalue weighted by atomic mass is 9.95. The quantitative estimate of drug-likeness (QED) is 0.547. The molecule has 3 heteroatoms. The van der Waals surface area contributed by atoms with Crippen LogP contribution in [0.25, 0.3) is 0 Å². The van der Waals surface area contributed by atoms with Crippen molar-refractivity contribution in [1.82, 2.24) is 0 Å². The largest absolute Gasteiger partial charge is 0.375 e. The molecule has 0 spiro atoms. The van der Waals surface area contributed by atoms with Crippen molar-refractivity contribution in [2.75, 3.05) is 13.2 Å². The summed E-state index contributed by atoms with van der Waals surface area (Å²) in [5, 5.41) is 8.67. The second-order valence-electron chi connectivity index (χ2n) is 3.48. The van der Waals surface area contributed by atoms with Crippen LogP contribution in [0.4, 0.5) is 0 Å². The molecule has 1 atom stereocenters. The number of hydrogen-bond donors (Lipinski definition) is 1. The fourth-order valence-electron chi connectivity index (χ4n) is 1.44. The fourth-order valence-corrected chi connectivity index (χ4v) is 1.44. The van der Waals surface area contributed by atoms with E-state index in [9.17, 15) is 0 Å². The van der Waals surface area contributed by atoms with Gasteiger partial charge in [-0.1, -0.05) is 17.7 Å². The molecule has 0 aromatic rings. The Hall–Kier alpha value is -1.37. The van der Waals surface area contributed by atoms with Crippen molar-refractivity contribution in [2.45, 2.75) is 18.9 Å². The lowest BCUT2D eigenvalue weighted by molar-refractivity contribution is 0.154. The minimum Gasteiger partial charge on any atom is -0.375 e. The first-order valence-electron chi connectivity index (χ1n) is 5.02. The van der Waals surface area contributed by atoms with E-state index in [2.05, 4.69) is 12.6 Å². The van der Waals surface area contributed by atoms with E-state index in [0.717, 1.165) is 24.0 Å². The van der Waals surface area contributed by atoms with Crippen LogP contribution in [0.3, 0.4) is 0 Å². The first-order valence-corrected chi connectivity index (χ1v) is 5.02. The predicted molar refractivity (Wildman–Crippen MR) is 60.0 cm³/mol. The van der Waals surface area contributed by atoms with Crippen LogP contribution < -0.4 is 5.73 Å². The summed E-state index contributed by atoms with van der Waals surface area (Å²) in [5.41, 5.74) is 7.90. The average molecular weight is 204 g/mol. The first kappa shape index (κ1) is 11.7. The Bertz CT molecular complexity index is 323. The van der Waals surface area contributed by atoms with Gasteiger partial charge in [-0.25, -0.2) is 0 Å². The Morgan fingerprint density at radius 3 is 2.93 bits per heavy atom. The third-order valence-corrected chi connectivity index (χ3v) is 2.33. The molecule has 0 heterocycles. The van der Waals surface area contributed by atoms with Crippen LogP contribution in [0, 0.1) is 11.3 Å². The van der Waals surface area contributed by atoms with Crippen LogP contribution in [-0.4, -0.2) is 19.3 Å². The second kappa shape index (κ2) is 6.18. The molecule has 1 rings (SSSR count). The third-order valence-electron chi connectivity index (χ3n) is 2.33. The van der Waals surface area contributed by atoms with Crippen LogP contribution in [0.2, 0.25) is 0 Å². The zero-order valence-corrected chi connectivity index (χ0v) is 8.78. The van der Waals surface area contributed by atoms with Gasteiger partial charge in [0.2, 0.25) is 0 Å². The van der Waals surface area contributed by atoms with Crippen LogP contribution in [0.1, 0.15) is 12.8 Å². The highest BCUT2D eigenvalue weighted by atomic mass is 16.5. The van der Waals surface area contributed by atoms with Crippen molar-refractivity contribution in [3.8, 4) is 6.07 Å². The van der Waals surface area contributed by atoms with Crippen LogP contribution in [0.15, 0.2) is 36.0 Å². The third kappa shape index (κ3) is 3.70. The van der Waals surface area contributed by atoms with Crippen molar-refractivity contribution < 1.29 is 4.74 Å². The van der Waals surface area contributed by atoms with Crippen LogP contribution in [-0.2, 0) is 4.74 Å². The molecule has 1 aliphatic rings. The summed E-state index contributed by atoms with van der Waals surface area (Å²) in [5.74, 6) is 0. The molecular weight excluding hydrogens is 188 g/mol. The molecule has 0 bridgehead atoms. The molecule has 0 fully saturated rings. The van der Waals surface area contributed by atoms with E-state index in [1.54, 1.807) is 6.08 Å². The number of nitrogens with two attached hydrogens (primary N) is 1. The summed E-state index contributed by atoms with van der Waals surface area (Å²) < 4.78 is 5.28. The summed E-state index contributed by atoms with van der Waals surface area (Å²) in [6.45, 7) is 4.60. The van der Waals surface area contributed by atoms with E-state index in [4.69, 9.17) is 15.7 Å². The maximum atomic E-state index is 8.67. The lowest BCUT2D eigenvalue weighted by Crippen LogP contribution is -2.29. The van der Waals surface area contributed by atoms with Crippen LogP contribution >= 0.6 is 0 Å². The van der Waals surface area contributed by atoms with Gasteiger partial charge in [-0.15, -0.1) is 6.58 Å². The van der Waals surface area contributed by atoms with E-state index in [1.165, 1.54) is 0 Å². The zero-order chi connectivity index (χ0) is 11.1. The lowest BCUT2D eigenvalue weighted by Gasteiger charge is -2.17. The predicted octanol–water partition coefficient (Wildman–Crippen LogP) is 1.69. The van der Waals surface area contributed by atoms with Crippen molar-refractivity contribution in [3.63, 3.8) is 0 Å². The maximum absolute atomic E-state index is 8.67. The summed E-state index contributed by atoms with van der Waals surface area (Å²) in [6.07, 6.45) is 7.13. The van der Waals surface area contributed by atoms with Gasteiger partial charge in [0.1, 0.15) is 0 Å². The molecule has 2 N–H and O–H groups in total. The molecule has 0 aromatic heterocycles. The smallest absolute Gasteiger partial charge is 0.0947 e. The van der Waals surface area contributed by atoms with Gasteiger partial charge in [0, 0.05) is 11.6 Å². The highest BCUT2D eigenvalue weighted by Crippen LogP contribution is 2.19. The molecule has 1 aliphatic carbocycles. The molecule has 0 radical (unpaired) electrons. The van der Waals surface area contributed by atoms with Gasteiger partial charge in [0.25, 0.3) is 0 Å². The Morgan fingerprint density at radius 2 is 2.40 bits per heavy atom. The number of rotatable bonds is 5. The highest BCUT2D eigenvalue weighted by molar-refractivity contribution is 5.33. The Balaban J connectivity index is 2.44. The number of nitrogens with zero attached hydrogens (tertiary/aromatic N) is 1. The summed E-state index contributed by atoms with van der Waals surface area (Å²) in [6, 6.07) is 2.08. The molecule has 3 nitrogen and oxygen atoms in total. The summed E-state index contributed by atoms with van der Waals surface area (Å²) in [7, 11) is 0. The van der Waals surface area contributed by atoms with Crippen molar-refractivity contribution in [1.29, 1.82) is 5.26 Å². The Labute approximate surface area is 90.5 Å². The molecule has 0 saturated heterocycles. The molecule has 15 heavy (non-hydrogen) atoms. The van der Waals surface area contributed by atoms with Gasteiger partial charge in [-0.3, -0.25) is 0 Å². The fraction of sp³-hybridized carbons (Fsp3) is 0.417. The van der Waals surface area contributed by atoms with Gasteiger partial charge in [0.05, 0.1) is 19.3 Å². The maximum Gasteiger partial charge on any atom is 0.0947 e. The number of nitriles is 1. The number of allylic oxidation sites excluding steroid dienone is 3. The van der Waals surface area contributed by atoms with Gasteiger partial charge in [-0.2, -0.15) is 5.26 Å². The molecule has 80 valence electrons. The summed E-state index contributed by atoms with van der Waals surface area (Å²) >= 11 is 0. The normalized spacial score (nSPS) is 17.3. The molecular formula is C12H16N2O. The standard InChI is InChI=1S/C12H16N2O/c1-2-7-15-9-12(14)11-5-3-10(8-13)4-6-11/h2-3,5,12H,1,4,6-7,9,14H2/t12-/m0/s1. The van der Waals surface area contributed by atoms with Crippen molar-refractivity contribution >= 4 is 0 Å². The highest BCUT2D eigenvalue weighted by Gasteiger charge is 2.12. The monoisotopic (exact) mass is 204 g/mol. The summed E-state index contributed by atoms with van der Waals surface area (Å²) in [4.78, 5) is 0. The topological polar surface area (TPSA) is 59.0 Å². The van der Waals surface area contributed by atoms with Crippen LogP contribution in [0.5, 0.6) is 0 Å². The number of ether oxygens (including phenoxy) is 1. The minimum absolute atomic E-state index is 0.0681. The van der Waals surface area contributed by atoms with E-state index >= 15 is 0 Å². The SMILES string of the molecule is C=CCOC[C@H](N)C1=CC=C(C#N)CC1. The van der Waals surface area contributed by atoms with Crippen molar-refractivity contribution in [3.05, 3.63) is 36.0 Å². The van der Waals surface area contributed by atoms with Gasteiger partial charge in [0.15, 0.2) is 0 Å². The molecule has 0 saturated carbocycles. The average Bonchev–Trinajstić information content (AvgIpc) is 2.29. The van der Waals surface area contributed by atoms with E-state index < -0.39 is 0 Å². The minimum atomic E-state index is -0.0681. The number of hydrogen-bond acceptors (Lipinski definition) is 3. The van der Waals surface area contributed by atoms with E-state index in [1.807, 2.05) is 12.2 Å². The molecule has 0 aliphatic heterocycles. The molecule has 0 unspecified atom stereocenters. The first-order chi connectivity index (χ1) is 7.27. The Kier molecular flexibility index (Phi) is 4.82. The van der Waals surface area contributed by atoms with Crippen molar-refractivity contribution in [2.24, 2.45) is 5.73 Å². The van der Waals surface area contributed by atoms with Gasteiger partial charge >= 0.3 is 0 Å². The van der Waals surface area contributed by atoms with Gasteiger partial charge < -0.3 is 10.5 Å². The Morgan fingerprint density at radius 1 is 1.60 bits per heavy atom. The molecule has 0 aromatic carbocycles. The molecule has 0 amide bonds. The zero-order valence-electron chi connectivity index (χ0n) is 8.78. The van der Waals surface area contributed by atoms with E-state index in [-0.39, 0.29) is 6.04 Å². The van der Waals surface area contributed by atoms with E-state index in [0.29, 0.717) is 13.2 Å².